The van der Waals surface area contributed by atoms with Gasteiger partial charge in [-0.15, -0.1) is 0 Å². The largest absolute Gasteiger partial charge is 0.493 e. The summed E-state index contributed by atoms with van der Waals surface area (Å²) in [6.45, 7) is 3.90. The molecule has 0 N–H and O–H groups in total. The van der Waals surface area contributed by atoms with Crippen molar-refractivity contribution in [3.63, 3.8) is 0 Å². The Morgan fingerprint density at radius 2 is 1.97 bits per heavy atom. The lowest BCUT2D eigenvalue weighted by molar-refractivity contribution is -0.384. The van der Waals surface area contributed by atoms with Crippen molar-refractivity contribution in [2.24, 2.45) is 4.99 Å². The van der Waals surface area contributed by atoms with E-state index in [0.717, 1.165) is 11.3 Å². The topological polar surface area (TPSA) is 126 Å². The standard InChI is InChI=1S/C23H18ClN3O7/c1-12-16(13(2)34-26-12)11-32-20-7-4-14(9-21(20)31-3)8-18-23(28)33-22(25-18)15-5-6-17(24)19(10-15)27(29)30/h4-10H,11H2,1-3H3/b18-8-. The maximum Gasteiger partial charge on any atom is 0.363 e. The van der Waals surface area contributed by atoms with E-state index < -0.39 is 10.9 Å². The highest BCUT2D eigenvalue weighted by molar-refractivity contribution is 6.32. The first kappa shape index (κ1) is 23.0. The molecule has 0 saturated carbocycles. The van der Waals surface area contributed by atoms with Gasteiger partial charge in [0.05, 0.1) is 23.3 Å². The van der Waals surface area contributed by atoms with Crippen LogP contribution in [0.25, 0.3) is 6.08 Å². The smallest absolute Gasteiger partial charge is 0.363 e. The number of hydrogen-bond acceptors (Lipinski definition) is 9. The molecule has 0 amide bonds. The molecule has 0 saturated heterocycles. The van der Waals surface area contributed by atoms with E-state index in [-0.39, 0.29) is 34.5 Å². The SMILES string of the molecule is COc1cc(/C=C2\N=C(c3ccc(Cl)c([N+](=O)[O-])c3)OC2=O)ccc1OCc1c(C)noc1C. The Morgan fingerprint density at radius 3 is 2.65 bits per heavy atom. The second kappa shape index (κ2) is 9.36. The third kappa shape index (κ3) is 4.62. The van der Waals surface area contributed by atoms with Gasteiger partial charge in [-0.05, 0) is 49.8 Å². The van der Waals surface area contributed by atoms with Crippen molar-refractivity contribution in [1.29, 1.82) is 0 Å². The number of nitro benzene ring substituents is 1. The molecule has 0 bridgehead atoms. The summed E-state index contributed by atoms with van der Waals surface area (Å²) < 4.78 is 21.6. The minimum atomic E-state index is -0.690. The van der Waals surface area contributed by atoms with Crippen molar-refractivity contribution >= 4 is 35.2 Å². The third-order valence-electron chi connectivity index (χ3n) is 5.05. The van der Waals surface area contributed by atoms with E-state index in [9.17, 15) is 14.9 Å². The van der Waals surface area contributed by atoms with Gasteiger partial charge in [0.25, 0.3) is 5.69 Å². The molecule has 0 aliphatic carbocycles. The van der Waals surface area contributed by atoms with Crippen LogP contribution in [0.5, 0.6) is 11.5 Å². The van der Waals surface area contributed by atoms with Crippen molar-refractivity contribution in [1.82, 2.24) is 5.16 Å². The van der Waals surface area contributed by atoms with Crippen LogP contribution in [0.1, 0.15) is 28.1 Å². The molecule has 0 radical (unpaired) electrons. The van der Waals surface area contributed by atoms with Crippen LogP contribution in [-0.4, -0.2) is 29.1 Å². The van der Waals surface area contributed by atoms with Gasteiger partial charge < -0.3 is 18.7 Å². The first-order valence-corrected chi connectivity index (χ1v) is 10.3. The second-order valence-electron chi connectivity index (χ2n) is 7.26. The zero-order valence-electron chi connectivity index (χ0n) is 18.3. The van der Waals surface area contributed by atoms with E-state index in [2.05, 4.69) is 10.1 Å². The van der Waals surface area contributed by atoms with Crippen LogP contribution in [0.15, 0.2) is 51.6 Å². The van der Waals surface area contributed by atoms with Gasteiger partial charge in [0.1, 0.15) is 17.4 Å². The number of ether oxygens (including phenoxy) is 3. The number of nitrogens with zero attached hydrogens (tertiary/aromatic N) is 3. The van der Waals surface area contributed by atoms with E-state index in [1.54, 1.807) is 18.2 Å². The molecule has 2 aromatic carbocycles. The number of aryl methyl sites for hydroxylation is 2. The number of carbonyl (C=O) groups excluding carboxylic acids is 1. The average Bonchev–Trinajstić information content (AvgIpc) is 3.34. The molecule has 1 aromatic heterocycles. The minimum Gasteiger partial charge on any atom is -0.493 e. The molecule has 4 rings (SSSR count). The molecule has 1 aliphatic rings. The number of methoxy groups -OCH3 is 1. The molecule has 34 heavy (non-hydrogen) atoms. The van der Waals surface area contributed by atoms with Gasteiger partial charge in [-0.25, -0.2) is 9.79 Å². The van der Waals surface area contributed by atoms with Crippen LogP contribution >= 0.6 is 11.6 Å². The predicted octanol–water partition coefficient (Wildman–Crippen LogP) is 4.79. The van der Waals surface area contributed by atoms with E-state index in [0.29, 0.717) is 22.8 Å². The molecule has 2 heterocycles. The molecule has 0 fully saturated rings. The number of benzene rings is 2. The Labute approximate surface area is 198 Å². The maximum absolute atomic E-state index is 12.3. The zero-order chi connectivity index (χ0) is 24.4. The fraction of sp³-hybridized carbons (Fsp3) is 0.174. The lowest BCUT2D eigenvalue weighted by Crippen LogP contribution is -2.06. The fourth-order valence-electron chi connectivity index (χ4n) is 3.23. The van der Waals surface area contributed by atoms with Crippen molar-refractivity contribution in [3.05, 3.63) is 85.4 Å². The van der Waals surface area contributed by atoms with Crippen LogP contribution in [0.3, 0.4) is 0 Å². The summed E-state index contributed by atoms with van der Waals surface area (Å²) in [5, 5.41) is 15.0. The molecule has 174 valence electrons. The number of aliphatic imine (C=N–C) groups is 1. The summed E-state index contributed by atoms with van der Waals surface area (Å²) in [7, 11) is 1.50. The highest BCUT2D eigenvalue weighted by Crippen LogP contribution is 2.32. The third-order valence-corrected chi connectivity index (χ3v) is 5.37. The van der Waals surface area contributed by atoms with Gasteiger partial charge in [-0.3, -0.25) is 10.1 Å². The number of cyclic esters (lactones) is 1. The number of hydrogen-bond donors (Lipinski definition) is 0. The molecular formula is C23H18ClN3O7. The van der Waals surface area contributed by atoms with Gasteiger partial charge in [0.15, 0.2) is 17.2 Å². The van der Waals surface area contributed by atoms with Gasteiger partial charge >= 0.3 is 5.97 Å². The van der Waals surface area contributed by atoms with Crippen molar-refractivity contribution in [2.45, 2.75) is 20.5 Å². The van der Waals surface area contributed by atoms with E-state index in [1.165, 1.54) is 31.4 Å². The van der Waals surface area contributed by atoms with Crippen molar-refractivity contribution < 1.29 is 28.5 Å². The summed E-state index contributed by atoms with van der Waals surface area (Å²) in [6.07, 6.45) is 1.51. The lowest BCUT2D eigenvalue weighted by Gasteiger charge is -2.11. The molecular weight excluding hydrogens is 466 g/mol. The highest BCUT2D eigenvalue weighted by atomic mass is 35.5. The van der Waals surface area contributed by atoms with Gasteiger partial charge in [0, 0.05) is 11.6 Å². The first-order valence-electron chi connectivity index (χ1n) is 9.96. The summed E-state index contributed by atoms with van der Waals surface area (Å²) in [6, 6.07) is 9.15. The van der Waals surface area contributed by atoms with E-state index in [4.69, 9.17) is 30.3 Å². The summed E-state index contributed by atoms with van der Waals surface area (Å²) >= 11 is 5.84. The Balaban J connectivity index is 1.57. The number of aromatic nitrogens is 1. The van der Waals surface area contributed by atoms with E-state index in [1.807, 2.05) is 13.8 Å². The Morgan fingerprint density at radius 1 is 1.18 bits per heavy atom. The molecule has 11 heteroatoms. The molecule has 10 nitrogen and oxygen atoms in total. The van der Waals surface area contributed by atoms with Crippen LogP contribution in [-0.2, 0) is 16.1 Å². The van der Waals surface area contributed by atoms with Gasteiger partial charge in [-0.2, -0.15) is 0 Å². The number of rotatable bonds is 7. The monoisotopic (exact) mass is 483 g/mol. The van der Waals surface area contributed by atoms with Crippen LogP contribution in [0.2, 0.25) is 5.02 Å². The summed E-state index contributed by atoms with van der Waals surface area (Å²) in [5.74, 6) is 0.881. The van der Waals surface area contributed by atoms with Crippen molar-refractivity contribution in [2.75, 3.05) is 7.11 Å². The normalized spacial score (nSPS) is 14.2. The van der Waals surface area contributed by atoms with Gasteiger partial charge in [-0.1, -0.05) is 22.8 Å². The second-order valence-corrected chi connectivity index (χ2v) is 7.67. The summed E-state index contributed by atoms with van der Waals surface area (Å²) in [5.41, 5.74) is 2.18. The van der Waals surface area contributed by atoms with Crippen LogP contribution in [0, 0.1) is 24.0 Å². The number of halogens is 1. The number of esters is 1. The Kier molecular flexibility index (Phi) is 6.33. The fourth-order valence-corrected chi connectivity index (χ4v) is 3.41. The molecule has 1 aliphatic heterocycles. The average molecular weight is 484 g/mol. The Hall–Kier alpha value is -4.18. The van der Waals surface area contributed by atoms with Gasteiger partial charge in [0.2, 0.25) is 5.90 Å². The van der Waals surface area contributed by atoms with Crippen LogP contribution in [0.4, 0.5) is 5.69 Å². The van der Waals surface area contributed by atoms with E-state index >= 15 is 0 Å². The molecule has 3 aromatic rings. The minimum absolute atomic E-state index is 0.0269. The van der Waals surface area contributed by atoms with Crippen molar-refractivity contribution in [3.8, 4) is 11.5 Å². The lowest BCUT2D eigenvalue weighted by atomic mass is 10.1. The Bertz CT molecular complexity index is 1340. The zero-order valence-corrected chi connectivity index (χ0v) is 19.1. The molecule has 0 atom stereocenters. The number of carbonyl (C=O) groups is 1. The molecule has 0 spiro atoms. The highest BCUT2D eigenvalue weighted by Gasteiger charge is 2.26. The van der Waals surface area contributed by atoms with Crippen LogP contribution < -0.4 is 9.47 Å². The quantitative estimate of drug-likeness (QED) is 0.203. The summed E-state index contributed by atoms with van der Waals surface area (Å²) in [4.78, 5) is 27.0. The predicted molar refractivity (Wildman–Crippen MR) is 122 cm³/mol. The molecule has 0 unspecified atom stereocenters. The maximum atomic E-state index is 12.3. The number of nitro groups is 1. The first-order chi connectivity index (χ1) is 16.3.